The maximum atomic E-state index is 12.7. The Hall–Kier alpha value is -2.58. The van der Waals surface area contributed by atoms with E-state index in [1.165, 1.54) is 0 Å². The third-order valence-electron chi connectivity index (χ3n) is 3.91. The first-order valence-corrected chi connectivity index (χ1v) is 7.87. The number of piperidine rings is 1. The molecule has 1 fully saturated rings. The van der Waals surface area contributed by atoms with Crippen LogP contribution in [0.1, 0.15) is 18.5 Å². The summed E-state index contributed by atoms with van der Waals surface area (Å²) < 4.78 is 45.3. The van der Waals surface area contributed by atoms with Gasteiger partial charge in [-0.2, -0.15) is 18.2 Å². The summed E-state index contributed by atoms with van der Waals surface area (Å²) >= 11 is 0. The molecule has 134 valence electrons. The molecule has 1 atom stereocenters. The van der Waals surface area contributed by atoms with Gasteiger partial charge in [0, 0.05) is 25.1 Å². The second-order valence-electron chi connectivity index (χ2n) is 5.80. The molecule has 1 aliphatic heterocycles. The molecule has 3 heterocycles. The Morgan fingerprint density at radius 1 is 1.32 bits per heavy atom. The van der Waals surface area contributed by atoms with E-state index in [1.807, 2.05) is 12.1 Å². The van der Waals surface area contributed by atoms with Gasteiger partial charge in [-0.25, -0.2) is 4.98 Å². The highest BCUT2D eigenvalue weighted by atomic mass is 19.4. The summed E-state index contributed by atoms with van der Waals surface area (Å²) in [6.45, 7) is 1.13. The Balaban J connectivity index is 1.61. The average Bonchev–Trinajstić information content (AvgIpc) is 3.07. The van der Waals surface area contributed by atoms with Crippen molar-refractivity contribution >= 4 is 5.91 Å². The lowest BCUT2D eigenvalue weighted by atomic mass is 10.1. The van der Waals surface area contributed by atoms with Crippen LogP contribution in [0.3, 0.4) is 0 Å². The monoisotopic (exact) mass is 354 g/mol. The summed E-state index contributed by atoms with van der Waals surface area (Å²) in [6, 6.07) is 4.14. The van der Waals surface area contributed by atoms with E-state index in [2.05, 4.69) is 9.97 Å². The average molecular weight is 354 g/mol. The van der Waals surface area contributed by atoms with Gasteiger partial charge in [0.15, 0.2) is 5.69 Å². The summed E-state index contributed by atoms with van der Waals surface area (Å²) in [5, 5.41) is 0. The Kier molecular flexibility index (Phi) is 4.91. The predicted molar refractivity (Wildman–Crippen MR) is 81.7 cm³/mol. The first-order valence-electron chi connectivity index (χ1n) is 7.87. The fourth-order valence-corrected chi connectivity index (χ4v) is 2.70. The number of alkyl halides is 3. The van der Waals surface area contributed by atoms with Crippen molar-refractivity contribution in [2.75, 3.05) is 13.1 Å². The second kappa shape index (κ2) is 7.12. The number of hydrogen-bond donors (Lipinski definition) is 0. The minimum Gasteiger partial charge on any atom is -0.458 e. The molecule has 3 rings (SSSR count). The third kappa shape index (κ3) is 4.49. The quantitative estimate of drug-likeness (QED) is 0.846. The van der Waals surface area contributed by atoms with Crippen LogP contribution in [0.2, 0.25) is 0 Å². The van der Waals surface area contributed by atoms with Gasteiger partial charge in [-0.15, -0.1) is 0 Å². The third-order valence-corrected chi connectivity index (χ3v) is 3.91. The van der Waals surface area contributed by atoms with E-state index in [9.17, 15) is 18.0 Å². The van der Waals surface area contributed by atoms with Crippen molar-refractivity contribution in [2.45, 2.75) is 31.7 Å². The van der Waals surface area contributed by atoms with Gasteiger partial charge in [0.1, 0.15) is 12.6 Å². The van der Waals surface area contributed by atoms with Crippen molar-refractivity contribution in [3.63, 3.8) is 0 Å². The highest BCUT2D eigenvalue weighted by Gasteiger charge is 2.33. The number of carbonyl (C=O) groups is 1. The summed E-state index contributed by atoms with van der Waals surface area (Å²) in [5.74, 6) is -0.0607. The van der Waals surface area contributed by atoms with Gasteiger partial charge in [0.2, 0.25) is 5.91 Å². The van der Waals surface area contributed by atoms with Crippen molar-refractivity contribution in [2.24, 2.45) is 0 Å². The molecule has 9 heteroatoms. The van der Waals surface area contributed by atoms with Crippen LogP contribution in [0.15, 0.2) is 36.8 Å². The van der Waals surface area contributed by atoms with Gasteiger partial charge in [-0.1, -0.05) is 0 Å². The lowest BCUT2D eigenvalue weighted by Crippen LogP contribution is -2.45. The number of hydrogen-bond acceptors (Lipinski definition) is 4. The summed E-state index contributed by atoms with van der Waals surface area (Å²) in [6.07, 6.45) is 0.980. The molecule has 1 aliphatic rings. The van der Waals surface area contributed by atoms with Crippen LogP contribution in [0, 0.1) is 0 Å². The Morgan fingerprint density at radius 3 is 2.80 bits per heavy atom. The smallest absolute Gasteiger partial charge is 0.433 e. The molecule has 6 nitrogen and oxygen atoms in total. The first kappa shape index (κ1) is 17.2. The minimum atomic E-state index is -4.55. The number of likely N-dealkylation sites (tertiary alicyclic amines) is 1. The number of amides is 1. The van der Waals surface area contributed by atoms with Gasteiger partial charge < -0.3 is 14.2 Å². The van der Waals surface area contributed by atoms with Crippen molar-refractivity contribution in [1.29, 1.82) is 0 Å². The fourth-order valence-electron chi connectivity index (χ4n) is 2.70. The van der Waals surface area contributed by atoms with Crippen LogP contribution < -0.4 is 4.74 Å². The van der Waals surface area contributed by atoms with Gasteiger partial charge >= 0.3 is 12.2 Å². The molecule has 1 unspecified atom stereocenters. The summed E-state index contributed by atoms with van der Waals surface area (Å²) in [4.78, 5) is 21.1. The Labute approximate surface area is 142 Å². The molecule has 0 spiro atoms. The molecule has 0 saturated carbocycles. The number of rotatable bonds is 4. The predicted octanol–water partition coefficient (Wildman–Crippen LogP) is 2.37. The van der Waals surface area contributed by atoms with Crippen molar-refractivity contribution in [3.8, 4) is 6.01 Å². The largest absolute Gasteiger partial charge is 0.458 e. The van der Waals surface area contributed by atoms with E-state index in [0.717, 1.165) is 12.3 Å². The molecule has 2 aromatic rings. The van der Waals surface area contributed by atoms with Crippen LogP contribution >= 0.6 is 0 Å². The molecular formula is C16H17F3N4O2. The van der Waals surface area contributed by atoms with Gasteiger partial charge in [0.25, 0.3) is 0 Å². The maximum absolute atomic E-state index is 12.7. The topological polar surface area (TPSA) is 60.2 Å². The molecule has 1 saturated heterocycles. The zero-order chi connectivity index (χ0) is 17.9. The lowest BCUT2D eigenvalue weighted by molar-refractivity contribution is -0.141. The molecule has 0 aromatic carbocycles. The van der Waals surface area contributed by atoms with Crippen LogP contribution in [0.5, 0.6) is 6.01 Å². The molecule has 2 aromatic heterocycles. The van der Waals surface area contributed by atoms with Crippen molar-refractivity contribution in [1.82, 2.24) is 19.4 Å². The van der Waals surface area contributed by atoms with E-state index >= 15 is 0 Å². The highest BCUT2D eigenvalue weighted by Crippen LogP contribution is 2.28. The van der Waals surface area contributed by atoms with Crippen molar-refractivity contribution in [3.05, 3.63) is 42.5 Å². The lowest BCUT2D eigenvalue weighted by Gasteiger charge is -2.32. The molecule has 0 bridgehead atoms. The second-order valence-corrected chi connectivity index (χ2v) is 5.80. The summed E-state index contributed by atoms with van der Waals surface area (Å²) in [7, 11) is 0. The number of halogens is 3. The Morgan fingerprint density at radius 2 is 2.08 bits per heavy atom. The van der Waals surface area contributed by atoms with Crippen LogP contribution in [-0.2, 0) is 17.5 Å². The molecule has 0 radical (unpaired) electrons. The fraction of sp³-hybridized carbons (Fsp3) is 0.438. The molecule has 25 heavy (non-hydrogen) atoms. The van der Waals surface area contributed by atoms with Gasteiger partial charge in [-0.3, -0.25) is 4.79 Å². The van der Waals surface area contributed by atoms with E-state index < -0.39 is 18.0 Å². The highest BCUT2D eigenvalue weighted by molar-refractivity contribution is 5.76. The number of aromatic nitrogens is 3. The summed E-state index contributed by atoms with van der Waals surface area (Å²) in [5.41, 5.74) is -1.05. The van der Waals surface area contributed by atoms with Crippen LogP contribution in [0.4, 0.5) is 13.2 Å². The van der Waals surface area contributed by atoms with Gasteiger partial charge in [0.05, 0.1) is 6.54 Å². The van der Waals surface area contributed by atoms with Gasteiger partial charge in [-0.05, 0) is 31.0 Å². The van der Waals surface area contributed by atoms with E-state index in [1.54, 1.807) is 21.9 Å². The minimum absolute atomic E-state index is 0.0607. The molecule has 1 amide bonds. The zero-order valence-electron chi connectivity index (χ0n) is 13.3. The zero-order valence-corrected chi connectivity index (χ0v) is 13.3. The van der Waals surface area contributed by atoms with E-state index in [-0.39, 0.29) is 18.5 Å². The number of nitrogens with zero attached hydrogens (tertiary/aromatic N) is 4. The SMILES string of the molecule is O=C(Cn1cccc1)N1CCCC(Oc2nccc(C(F)(F)F)n2)C1. The standard InChI is InChI=1S/C16H17F3N4O2/c17-16(18,19)13-5-6-20-15(21-13)25-12-4-3-9-23(10-12)14(24)11-22-7-1-2-8-22/h1-2,5-8,12H,3-4,9-11H2. The maximum Gasteiger partial charge on any atom is 0.433 e. The molecule has 0 N–H and O–H groups in total. The number of ether oxygens (including phenoxy) is 1. The van der Waals surface area contributed by atoms with Crippen LogP contribution in [0.25, 0.3) is 0 Å². The van der Waals surface area contributed by atoms with E-state index in [4.69, 9.17) is 4.74 Å². The molecule has 0 aliphatic carbocycles. The molecular weight excluding hydrogens is 337 g/mol. The Bertz CT molecular complexity index is 718. The number of carbonyl (C=O) groups excluding carboxylic acids is 1. The van der Waals surface area contributed by atoms with E-state index in [0.29, 0.717) is 25.9 Å². The normalized spacial score (nSPS) is 18.2. The first-order chi connectivity index (χ1) is 11.9. The van der Waals surface area contributed by atoms with Crippen LogP contribution in [-0.4, -0.2) is 44.5 Å². The van der Waals surface area contributed by atoms with Crippen molar-refractivity contribution < 1.29 is 22.7 Å².